The largest absolute Gasteiger partial charge is 0.368 e. The average molecular weight is 384 g/mol. The minimum absolute atomic E-state index is 0.165. The van der Waals surface area contributed by atoms with Crippen molar-refractivity contribution in [2.75, 3.05) is 0 Å². The van der Waals surface area contributed by atoms with Gasteiger partial charge in [-0.1, -0.05) is 54.6 Å². The van der Waals surface area contributed by atoms with E-state index in [1.54, 1.807) is 6.20 Å². The van der Waals surface area contributed by atoms with Crippen LogP contribution >= 0.6 is 0 Å². The fourth-order valence-electron chi connectivity index (χ4n) is 3.31. The lowest BCUT2D eigenvalue weighted by molar-refractivity contribution is -0.127. The highest BCUT2D eigenvalue weighted by atomic mass is 16.2. The summed E-state index contributed by atoms with van der Waals surface area (Å²) in [6.07, 6.45) is 1.96. The monoisotopic (exact) mass is 384 g/mol. The smallest absolute Gasteiger partial charge is 0.240 e. The van der Waals surface area contributed by atoms with Crippen molar-refractivity contribution in [3.63, 3.8) is 0 Å². The van der Waals surface area contributed by atoms with E-state index >= 15 is 0 Å². The molecule has 0 radical (unpaired) electrons. The number of primary amides is 1. The number of hydrogen-bond acceptors (Lipinski definition) is 4. The van der Waals surface area contributed by atoms with Crippen LogP contribution in [0.3, 0.4) is 0 Å². The molecular weight excluding hydrogens is 364 g/mol. The van der Waals surface area contributed by atoms with Gasteiger partial charge in [-0.15, -0.1) is 0 Å². The molecule has 0 aliphatic rings. The first-order chi connectivity index (χ1) is 14.1. The lowest BCUT2D eigenvalue weighted by Gasteiger charge is -2.15. The van der Waals surface area contributed by atoms with Crippen molar-refractivity contribution in [3.05, 3.63) is 84.2 Å². The maximum absolute atomic E-state index is 12.5. The number of nitrogens with two attached hydrogens (primary N) is 1. The van der Waals surface area contributed by atoms with Crippen molar-refractivity contribution in [2.45, 2.75) is 18.9 Å². The third-order valence-electron chi connectivity index (χ3n) is 4.77. The van der Waals surface area contributed by atoms with Crippen LogP contribution in [-0.4, -0.2) is 27.8 Å². The van der Waals surface area contributed by atoms with Gasteiger partial charge in [0.05, 0.1) is 23.1 Å². The number of nitrogens with zero attached hydrogens (tertiary/aromatic N) is 2. The molecule has 6 heteroatoms. The summed E-state index contributed by atoms with van der Waals surface area (Å²) in [6, 6.07) is 20.4. The summed E-state index contributed by atoms with van der Waals surface area (Å²) >= 11 is 0. The molecule has 4 aromatic rings. The van der Waals surface area contributed by atoms with Gasteiger partial charge in [-0.05, 0) is 28.5 Å². The van der Waals surface area contributed by atoms with Crippen LogP contribution in [0.25, 0.3) is 21.8 Å². The van der Waals surface area contributed by atoms with E-state index < -0.39 is 11.9 Å². The van der Waals surface area contributed by atoms with Crippen LogP contribution in [0.15, 0.2) is 72.9 Å². The second-order valence-electron chi connectivity index (χ2n) is 6.93. The van der Waals surface area contributed by atoms with E-state index in [2.05, 4.69) is 15.3 Å². The molecule has 0 saturated heterocycles. The Bertz CT molecular complexity index is 1210. The minimum atomic E-state index is -0.849. The summed E-state index contributed by atoms with van der Waals surface area (Å²) in [5.74, 6) is -0.871. The molecule has 0 saturated carbocycles. The van der Waals surface area contributed by atoms with Gasteiger partial charge in [-0.25, -0.2) is 4.98 Å². The lowest BCUT2D eigenvalue weighted by Crippen LogP contribution is -2.46. The number of amides is 2. The van der Waals surface area contributed by atoms with E-state index in [0.717, 1.165) is 27.4 Å². The highest BCUT2D eigenvalue weighted by Gasteiger charge is 2.20. The molecule has 6 nitrogen and oxygen atoms in total. The molecule has 2 amide bonds. The number of rotatable bonds is 6. The molecule has 0 spiro atoms. The molecule has 0 unspecified atom stereocenters. The van der Waals surface area contributed by atoms with E-state index in [1.807, 2.05) is 66.7 Å². The molecule has 0 bridgehead atoms. The topological polar surface area (TPSA) is 98.0 Å². The minimum Gasteiger partial charge on any atom is -0.368 e. The second kappa shape index (κ2) is 8.06. The number of para-hydroxylation sites is 2. The van der Waals surface area contributed by atoms with E-state index in [4.69, 9.17) is 5.73 Å². The molecular formula is C23H20N4O2. The molecule has 144 valence electrons. The molecule has 1 heterocycles. The maximum Gasteiger partial charge on any atom is 0.240 e. The first-order valence-electron chi connectivity index (χ1n) is 9.35. The summed E-state index contributed by atoms with van der Waals surface area (Å²) in [4.78, 5) is 33.2. The van der Waals surface area contributed by atoms with Gasteiger partial charge in [0.15, 0.2) is 0 Å². The third-order valence-corrected chi connectivity index (χ3v) is 4.77. The van der Waals surface area contributed by atoms with Gasteiger partial charge in [0.25, 0.3) is 0 Å². The number of fused-ring (bicyclic) bond motifs is 2. The van der Waals surface area contributed by atoms with Crippen LogP contribution < -0.4 is 11.1 Å². The summed E-state index contributed by atoms with van der Waals surface area (Å²) < 4.78 is 0. The number of hydrogen-bond donors (Lipinski definition) is 2. The number of carbonyl (C=O) groups excluding carboxylic acids is 2. The van der Waals surface area contributed by atoms with Crippen LogP contribution in [0.1, 0.15) is 11.3 Å². The van der Waals surface area contributed by atoms with Gasteiger partial charge < -0.3 is 11.1 Å². The van der Waals surface area contributed by atoms with Gasteiger partial charge in [0, 0.05) is 12.6 Å². The first kappa shape index (κ1) is 18.6. The van der Waals surface area contributed by atoms with Crippen LogP contribution in [0.4, 0.5) is 0 Å². The van der Waals surface area contributed by atoms with Crippen molar-refractivity contribution < 1.29 is 9.59 Å². The van der Waals surface area contributed by atoms with Gasteiger partial charge in [0.1, 0.15) is 6.04 Å². The lowest BCUT2D eigenvalue weighted by atomic mass is 10.0. The molecule has 0 aliphatic carbocycles. The second-order valence-corrected chi connectivity index (χ2v) is 6.93. The Morgan fingerprint density at radius 3 is 2.45 bits per heavy atom. The van der Waals surface area contributed by atoms with E-state index in [-0.39, 0.29) is 18.7 Å². The number of carbonyl (C=O) groups is 2. The van der Waals surface area contributed by atoms with Gasteiger partial charge in [-0.2, -0.15) is 0 Å². The summed E-state index contributed by atoms with van der Waals surface area (Å²) in [5, 5.41) is 4.91. The zero-order valence-corrected chi connectivity index (χ0v) is 15.7. The van der Waals surface area contributed by atoms with Gasteiger partial charge >= 0.3 is 0 Å². The van der Waals surface area contributed by atoms with Crippen LogP contribution in [0.5, 0.6) is 0 Å². The summed E-state index contributed by atoms with van der Waals surface area (Å²) in [6.45, 7) is 0. The molecule has 1 atom stereocenters. The van der Waals surface area contributed by atoms with Crippen molar-refractivity contribution in [1.82, 2.24) is 15.3 Å². The van der Waals surface area contributed by atoms with E-state index in [1.165, 1.54) is 0 Å². The van der Waals surface area contributed by atoms with E-state index in [9.17, 15) is 9.59 Å². The zero-order chi connectivity index (χ0) is 20.2. The fourth-order valence-corrected chi connectivity index (χ4v) is 3.31. The molecule has 1 aromatic heterocycles. The Hall–Kier alpha value is -3.80. The Labute approximate surface area is 167 Å². The Balaban J connectivity index is 1.46. The highest BCUT2D eigenvalue weighted by Crippen LogP contribution is 2.16. The SMILES string of the molecule is NC(=O)[C@@H](Cc1cnc2ccccc2n1)NC(=O)Cc1ccc2ccccc2c1. The Morgan fingerprint density at radius 1 is 0.931 bits per heavy atom. The average Bonchev–Trinajstić information content (AvgIpc) is 2.73. The standard InChI is InChI=1S/C23H20N4O2/c24-23(29)21(13-18-14-25-19-7-3-4-8-20(19)26-18)27-22(28)12-15-9-10-16-5-1-2-6-17(16)11-15/h1-11,14,21H,12-13H2,(H2,24,29)(H,27,28)/t21-/m1/s1. The predicted octanol–water partition coefficient (Wildman–Crippen LogP) is 2.54. The zero-order valence-electron chi connectivity index (χ0n) is 15.7. The molecule has 3 aromatic carbocycles. The molecule has 29 heavy (non-hydrogen) atoms. The quantitative estimate of drug-likeness (QED) is 0.534. The summed E-state index contributed by atoms with van der Waals surface area (Å²) in [7, 11) is 0. The van der Waals surface area contributed by atoms with Gasteiger partial charge in [-0.3, -0.25) is 14.6 Å². The van der Waals surface area contributed by atoms with Crippen molar-refractivity contribution in [2.24, 2.45) is 5.73 Å². The van der Waals surface area contributed by atoms with E-state index in [0.29, 0.717) is 5.69 Å². The number of benzene rings is 3. The first-order valence-corrected chi connectivity index (χ1v) is 9.35. The fraction of sp³-hybridized carbons (Fsp3) is 0.130. The number of nitrogens with one attached hydrogen (secondary N) is 1. The normalized spacial score (nSPS) is 12.0. The van der Waals surface area contributed by atoms with Crippen molar-refractivity contribution >= 4 is 33.6 Å². The van der Waals surface area contributed by atoms with Gasteiger partial charge in [0.2, 0.25) is 11.8 Å². The predicted molar refractivity (Wildman–Crippen MR) is 112 cm³/mol. The van der Waals surface area contributed by atoms with Crippen LogP contribution in [0, 0.1) is 0 Å². The Morgan fingerprint density at radius 2 is 1.66 bits per heavy atom. The third kappa shape index (κ3) is 4.38. The molecule has 0 aliphatic heterocycles. The van der Waals surface area contributed by atoms with Crippen LogP contribution in [-0.2, 0) is 22.4 Å². The van der Waals surface area contributed by atoms with Crippen LogP contribution in [0.2, 0.25) is 0 Å². The molecule has 4 rings (SSSR count). The maximum atomic E-state index is 12.5. The van der Waals surface area contributed by atoms with Crippen molar-refractivity contribution in [1.29, 1.82) is 0 Å². The van der Waals surface area contributed by atoms with Crippen molar-refractivity contribution in [3.8, 4) is 0 Å². The molecule has 0 fully saturated rings. The number of aromatic nitrogens is 2. The summed E-state index contributed by atoms with van der Waals surface area (Å²) in [5.41, 5.74) is 8.48. The Kier molecular flexibility index (Phi) is 5.16. The molecule has 3 N–H and O–H groups in total. The highest BCUT2D eigenvalue weighted by molar-refractivity contribution is 5.89.